The SMILES string of the molecule is COc1cccc(NC(=O)c2c(C)nc3c(Br)cc(C)cn23)c1. The second-order valence-corrected chi connectivity index (χ2v) is 6.15. The fourth-order valence-electron chi connectivity index (χ4n) is 2.51. The Hall–Kier alpha value is -2.34. The van der Waals surface area contributed by atoms with E-state index in [2.05, 4.69) is 26.2 Å². The van der Waals surface area contributed by atoms with Crippen molar-refractivity contribution >= 4 is 33.2 Å². The monoisotopic (exact) mass is 373 g/mol. The number of halogens is 1. The number of aromatic nitrogens is 2. The summed E-state index contributed by atoms with van der Waals surface area (Å²) in [5, 5.41) is 2.90. The van der Waals surface area contributed by atoms with E-state index in [-0.39, 0.29) is 5.91 Å². The number of fused-ring (bicyclic) bond motifs is 1. The van der Waals surface area contributed by atoms with Crippen molar-refractivity contribution in [3.05, 3.63) is 58.0 Å². The van der Waals surface area contributed by atoms with Crippen LogP contribution < -0.4 is 10.1 Å². The number of carbonyl (C=O) groups is 1. The molecular weight excluding hydrogens is 358 g/mol. The highest BCUT2D eigenvalue weighted by Gasteiger charge is 2.18. The third-order valence-corrected chi connectivity index (χ3v) is 4.11. The summed E-state index contributed by atoms with van der Waals surface area (Å²) in [6.45, 7) is 3.80. The molecule has 3 aromatic rings. The number of ether oxygens (including phenoxy) is 1. The quantitative estimate of drug-likeness (QED) is 0.755. The number of nitrogens with one attached hydrogen (secondary N) is 1. The van der Waals surface area contributed by atoms with Gasteiger partial charge in [-0.25, -0.2) is 4.98 Å². The summed E-state index contributed by atoms with van der Waals surface area (Å²) in [4.78, 5) is 17.2. The molecule has 3 rings (SSSR count). The van der Waals surface area contributed by atoms with Gasteiger partial charge >= 0.3 is 0 Å². The molecule has 1 N–H and O–H groups in total. The van der Waals surface area contributed by atoms with E-state index in [0.717, 1.165) is 15.7 Å². The van der Waals surface area contributed by atoms with Gasteiger partial charge in [-0.2, -0.15) is 0 Å². The van der Waals surface area contributed by atoms with E-state index in [0.29, 0.717) is 22.8 Å². The highest BCUT2D eigenvalue weighted by molar-refractivity contribution is 9.10. The molecule has 0 saturated carbocycles. The van der Waals surface area contributed by atoms with Crippen LogP contribution in [0.1, 0.15) is 21.7 Å². The van der Waals surface area contributed by atoms with Crippen molar-refractivity contribution in [1.82, 2.24) is 9.38 Å². The Morgan fingerprint density at radius 3 is 2.83 bits per heavy atom. The lowest BCUT2D eigenvalue weighted by molar-refractivity contribution is 0.102. The molecule has 23 heavy (non-hydrogen) atoms. The second kappa shape index (κ2) is 6.04. The van der Waals surface area contributed by atoms with Gasteiger partial charge in [0.2, 0.25) is 0 Å². The second-order valence-electron chi connectivity index (χ2n) is 5.29. The fraction of sp³-hybridized carbons (Fsp3) is 0.176. The lowest BCUT2D eigenvalue weighted by atomic mass is 10.2. The molecule has 0 bridgehead atoms. The van der Waals surface area contributed by atoms with Gasteiger partial charge in [0.25, 0.3) is 5.91 Å². The number of methoxy groups -OCH3 is 1. The number of hydrogen-bond donors (Lipinski definition) is 1. The first-order valence-electron chi connectivity index (χ1n) is 7.10. The Labute approximate surface area is 142 Å². The lowest BCUT2D eigenvalue weighted by Gasteiger charge is -2.08. The van der Waals surface area contributed by atoms with Gasteiger partial charge in [0.1, 0.15) is 11.4 Å². The molecule has 1 aromatic carbocycles. The van der Waals surface area contributed by atoms with Crippen LogP contribution in [-0.2, 0) is 0 Å². The Kier molecular flexibility index (Phi) is 4.09. The number of aryl methyl sites for hydroxylation is 2. The molecule has 0 atom stereocenters. The van der Waals surface area contributed by atoms with Crippen LogP contribution in [0.5, 0.6) is 5.75 Å². The lowest BCUT2D eigenvalue weighted by Crippen LogP contribution is -2.15. The van der Waals surface area contributed by atoms with E-state index in [1.54, 1.807) is 13.2 Å². The highest BCUT2D eigenvalue weighted by atomic mass is 79.9. The average Bonchev–Trinajstić information content (AvgIpc) is 2.84. The van der Waals surface area contributed by atoms with Crippen LogP contribution >= 0.6 is 15.9 Å². The molecule has 0 radical (unpaired) electrons. The summed E-state index contributed by atoms with van der Waals surface area (Å²) < 4.78 is 7.85. The fourth-order valence-corrected chi connectivity index (χ4v) is 3.15. The summed E-state index contributed by atoms with van der Waals surface area (Å²) in [7, 11) is 1.59. The van der Waals surface area contributed by atoms with Crippen LogP contribution in [0, 0.1) is 13.8 Å². The number of carbonyl (C=O) groups excluding carboxylic acids is 1. The molecule has 1 amide bonds. The maximum Gasteiger partial charge on any atom is 0.274 e. The highest BCUT2D eigenvalue weighted by Crippen LogP contribution is 2.23. The molecule has 0 aliphatic rings. The molecule has 0 spiro atoms. The normalized spacial score (nSPS) is 10.8. The zero-order valence-electron chi connectivity index (χ0n) is 13.1. The molecule has 0 aliphatic heterocycles. The maximum atomic E-state index is 12.7. The minimum atomic E-state index is -0.208. The third-order valence-electron chi connectivity index (χ3n) is 3.53. The first-order chi connectivity index (χ1) is 11.0. The number of pyridine rings is 1. The smallest absolute Gasteiger partial charge is 0.274 e. The first kappa shape index (κ1) is 15.6. The summed E-state index contributed by atoms with van der Waals surface area (Å²) >= 11 is 3.50. The number of hydrogen-bond acceptors (Lipinski definition) is 3. The van der Waals surface area contributed by atoms with Gasteiger partial charge in [0.15, 0.2) is 5.65 Å². The molecule has 0 aliphatic carbocycles. The molecule has 0 unspecified atom stereocenters. The van der Waals surface area contributed by atoms with Gasteiger partial charge in [-0.1, -0.05) is 6.07 Å². The van der Waals surface area contributed by atoms with Gasteiger partial charge in [0, 0.05) is 18.0 Å². The summed E-state index contributed by atoms with van der Waals surface area (Å²) in [6.07, 6.45) is 1.90. The number of amides is 1. The van der Waals surface area contributed by atoms with Crippen molar-refractivity contribution in [2.45, 2.75) is 13.8 Å². The van der Waals surface area contributed by atoms with Crippen LogP contribution in [0.15, 0.2) is 41.0 Å². The van der Waals surface area contributed by atoms with Crippen molar-refractivity contribution in [3.8, 4) is 5.75 Å². The number of rotatable bonds is 3. The van der Waals surface area contributed by atoms with E-state index >= 15 is 0 Å². The number of nitrogens with zero attached hydrogens (tertiary/aromatic N) is 2. The van der Waals surface area contributed by atoms with Crippen LogP contribution in [0.4, 0.5) is 5.69 Å². The molecule has 5 nitrogen and oxygen atoms in total. The minimum Gasteiger partial charge on any atom is -0.497 e. The van der Waals surface area contributed by atoms with Crippen molar-refractivity contribution in [2.24, 2.45) is 0 Å². The molecule has 6 heteroatoms. The number of imidazole rings is 1. The van der Waals surface area contributed by atoms with Crippen molar-refractivity contribution in [2.75, 3.05) is 12.4 Å². The van der Waals surface area contributed by atoms with Crippen LogP contribution in [0.25, 0.3) is 5.65 Å². The zero-order chi connectivity index (χ0) is 16.6. The van der Waals surface area contributed by atoms with Crippen molar-refractivity contribution in [3.63, 3.8) is 0 Å². The first-order valence-corrected chi connectivity index (χ1v) is 7.89. The van der Waals surface area contributed by atoms with E-state index < -0.39 is 0 Å². The van der Waals surface area contributed by atoms with E-state index in [1.165, 1.54) is 0 Å². The van der Waals surface area contributed by atoms with Crippen molar-refractivity contribution < 1.29 is 9.53 Å². The molecular formula is C17H16BrN3O2. The van der Waals surface area contributed by atoms with Crippen molar-refractivity contribution in [1.29, 1.82) is 0 Å². The Morgan fingerprint density at radius 2 is 2.09 bits per heavy atom. The standard InChI is InChI=1S/C17H16BrN3O2/c1-10-7-14(18)16-19-11(2)15(21(16)9-10)17(22)20-12-5-4-6-13(8-12)23-3/h4-9H,1-3H3,(H,20,22). The van der Waals surface area contributed by atoms with E-state index in [9.17, 15) is 4.79 Å². The van der Waals surface area contributed by atoms with Crippen LogP contribution in [0.2, 0.25) is 0 Å². The van der Waals surface area contributed by atoms with Gasteiger partial charge < -0.3 is 10.1 Å². The minimum absolute atomic E-state index is 0.208. The van der Waals surface area contributed by atoms with E-state index in [4.69, 9.17) is 4.74 Å². The Bertz CT molecular complexity index is 902. The Balaban J connectivity index is 2.02. The molecule has 2 heterocycles. The number of anilines is 1. The topological polar surface area (TPSA) is 55.6 Å². The maximum absolute atomic E-state index is 12.7. The van der Waals surface area contributed by atoms with Crippen LogP contribution in [-0.4, -0.2) is 22.4 Å². The molecule has 118 valence electrons. The Morgan fingerprint density at radius 1 is 1.30 bits per heavy atom. The summed E-state index contributed by atoms with van der Waals surface area (Å²) in [5.41, 5.74) is 3.64. The third kappa shape index (κ3) is 2.94. The molecule has 0 fully saturated rings. The van der Waals surface area contributed by atoms with Crippen LogP contribution in [0.3, 0.4) is 0 Å². The molecule has 0 saturated heterocycles. The predicted molar refractivity (Wildman–Crippen MR) is 93.3 cm³/mol. The number of benzene rings is 1. The predicted octanol–water partition coefficient (Wildman–Crippen LogP) is 3.97. The zero-order valence-corrected chi connectivity index (χ0v) is 14.6. The van der Waals surface area contributed by atoms with Gasteiger partial charge in [-0.3, -0.25) is 9.20 Å². The average molecular weight is 374 g/mol. The van der Waals surface area contributed by atoms with Gasteiger partial charge in [0.05, 0.1) is 17.3 Å². The van der Waals surface area contributed by atoms with E-state index in [1.807, 2.05) is 48.7 Å². The largest absolute Gasteiger partial charge is 0.497 e. The molecule has 2 aromatic heterocycles. The summed E-state index contributed by atoms with van der Waals surface area (Å²) in [5.74, 6) is 0.483. The van der Waals surface area contributed by atoms with Gasteiger partial charge in [-0.15, -0.1) is 0 Å². The van der Waals surface area contributed by atoms with Gasteiger partial charge in [-0.05, 0) is 53.5 Å². The summed E-state index contributed by atoms with van der Waals surface area (Å²) in [6, 6.07) is 9.23.